The van der Waals surface area contributed by atoms with Crippen molar-refractivity contribution in [3.05, 3.63) is 0 Å². The first kappa shape index (κ1) is 12.7. The summed E-state index contributed by atoms with van der Waals surface area (Å²) in [6, 6.07) is 0. The van der Waals surface area contributed by atoms with Crippen molar-refractivity contribution in [1.29, 1.82) is 0 Å². The molecule has 82 valence electrons. The molecule has 5 heteroatoms. The van der Waals surface area contributed by atoms with Crippen LogP contribution in [-0.4, -0.2) is 37.1 Å². The lowest BCUT2D eigenvalue weighted by molar-refractivity contribution is -0.143. The Morgan fingerprint density at radius 2 is 1.71 bits per heavy atom. The Hall–Kier alpha value is -1.26. The summed E-state index contributed by atoms with van der Waals surface area (Å²) in [6.07, 6.45) is -1.77. The Morgan fingerprint density at radius 1 is 1.29 bits per heavy atom. The summed E-state index contributed by atoms with van der Waals surface area (Å²) in [7, 11) is 3.21. The fraction of sp³-hybridized carbons (Fsp3) is 0.778. The maximum absolute atomic E-state index is 11.6. The number of rotatable bonds is 2. The van der Waals surface area contributed by atoms with Crippen LogP contribution in [0.2, 0.25) is 0 Å². The van der Waals surface area contributed by atoms with E-state index in [-0.39, 0.29) is 5.91 Å². The number of hydrogen-bond donors (Lipinski definition) is 1. The van der Waals surface area contributed by atoms with Gasteiger partial charge in [0.15, 0.2) is 6.10 Å². The Bertz CT molecular complexity index is 231. The molecule has 0 aliphatic rings. The van der Waals surface area contributed by atoms with Crippen LogP contribution in [0.4, 0.5) is 4.79 Å². The maximum atomic E-state index is 11.6. The average molecular weight is 202 g/mol. The van der Waals surface area contributed by atoms with Crippen LogP contribution in [0.5, 0.6) is 0 Å². The van der Waals surface area contributed by atoms with Gasteiger partial charge in [0.2, 0.25) is 0 Å². The highest BCUT2D eigenvalue weighted by atomic mass is 16.6. The summed E-state index contributed by atoms with van der Waals surface area (Å²) in [5.74, 6) is -0.267. The molecule has 0 aliphatic carbocycles. The summed E-state index contributed by atoms with van der Waals surface area (Å²) < 4.78 is 4.79. The van der Waals surface area contributed by atoms with Crippen LogP contribution < -0.4 is 5.73 Å². The van der Waals surface area contributed by atoms with Crippen LogP contribution in [0.15, 0.2) is 0 Å². The van der Waals surface area contributed by atoms with E-state index in [0.717, 1.165) is 0 Å². The molecule has 0 aromatic rings. The largest absolute Gasteiger partial charge is 0.436 e. The molecule has 0 saturated carbocycles. The Labute approximate surface area is 84.2 Å². The van der Waals surface area contributed by atoms with Crippen molar-refractivity contribution in [1.82, 2.24) is 4.90 Å². The minimum absolute atomic E-state index is 0.267. The molecule has 2 amide bonds. The van der Waals surface area contributed by atoms with Crippen LogP contribution >= 0.6 is 0 Å². The molecule has 14 heavy (non-hydrogen) atoms. The van der Waals surface area contributed by atoms with Gasteiger partial charge in [-0.25, -0.2) is 4.79 Å². The van der Waals surface area contributed by atoms with Gasteiger partial charge >= 0.3 is 6.09 Å². The van der Waals surface area contributed by atoms with Gasteiger partial charge in [-0.1, -0.05) is 20.8 Å². The van der Waals surface area contributed by atoms with E-state index in [1.54, 1.807) is 14.1 Å². The van der Waals surface area contributed by atoms with E-state index in [1.165, 1.54) is 4.90 Å². The maximum Gasteiger partial charge on any atom is 0.405 e. The molecular formula is C9H18N2O3. The van der Waals surface area contributed by atoms with Gasteiger partial charge in [0.05, 0.1) is 0 Å². The van der Waals surface area contributed by atoms with Crippen LogP contribution in [0, 0.1) is 5.41 Å². The van der Waals surface area contributed by atoms with E-state index in [1.807, 2.05) is 20.8 Å². The Balaban J connectivity index is 4.73. The zero-order valence-corrected chi connectivity index (χ0v) is 9.33. The van der Waals surface area contributed by atoms with Gasteiger partial charge in [-0.05, 0) is 0 Å². The number of likely N-dealkylation sites (N-methyl/N-ethyl adjacent to an activating group) is 1. The molecule has 0 aliphatic heterocycles. The first-order chi connectivity index (χ1) is 6.16. The quantitative estimate of drug-likeness (QED) is 0.712. The number of nitrogens with zero attached hydrogens (tertiary/aromatic N) is 1. The standard InChI is InChI=1S/C9H18N2O3/c1-9(2,3)6(14-8(10)13)7(12)11(4)5/h6H,1-5H3,(H2,10,13)/t6-/m1/s1. The topological polar surface area (TPSA) is 72.6 Å². The van der Waals surface area contributed by atoms with Gasteiger partial charge in [0, 0.05) is 19.5 Å². The summed E-state index contributed by atoms with van der Waals surface area (Å²) in [4.78, 5) is 23.6. The smallest absolute Gasteiger partial charge is 0.405 e. The van der Waals surface area contributed by atoms with E-state index < -0.39 is 17.6 Å². The van der Waals surface area contributed by atoms with Crippen molar-refractivity contribution in [3.63, 3.8) is 0 Å². The molecule has 0 aromatic heterocycles. The van der Waals surface area contributed by atoms with E-state index in [0.29, 0.717) is 0 Å². The molecule has 0 fully saturated rings. The molecule has 0 aromatic carbocycles. The van der Waals surface area contributed by atoms with Gasteiger partial charge in [-0.2, -0.15) is 0 Å². The molecule has 0 rings (SSSR count). The van der Waals surface area contributed by atoms with Crippen molar-refractivity contribution in [2.24, 2.45) is 11.1 Å². The molecule has 0 radical (unpaired) electrons. The zero-order chi connectivity index (χ0) is 11.5. The van der Waals surface area contributed by atoms with Crippen molar-refractivity contribution in [3.8, 4) is 0 Å². The number of carbonyl (C=O) groups excluding carboxylic acids is 2. The van der Waals surface area contributed by atoms with Crippen LogP contribution in [0.25, 0.3) is 0 Å². The van der Waals surface area contributed by atoms with Crippen molar-refractivity contribution < 1.29 is 14.3 Å². The molecule has 1 atom stereocenters. The van der Waals surface area contributed by atoms with Crippen molar-refractivity contribution in [2.75, 3.05) is 14.1 Å². The van der Waals surface area contributed by atoms with Crippen LogP contribution in [-0.2, 0) is 9.53 Å². The molecule has 0 spiro atoms. The molecule has 0 heterocycles. The molecule has 0 saturated heterocycles. The number of primary amides is 1. The van der Waals surface area contributed by atoms with Gasteiger partial charge in [-0.15, -0.1) is 0 Å². The average Bonchev–Trinajstić information content (AvgIpc) is 1.96. The van der Waals surface area contributed by atoms with Crippen molar-refractivity contribution in [2.45, 2.75) is 26.9 Å². The predicted octanol–water partition coefficient (Wildman–Crippen LogP) is 0.585. The fourth-order valence-electron chi connectivity index (χ4n) is 0.948. The summed E-state index contributed by atoms with van der Waals surface area (Å²) in [6.45, 7) is 5.42. The van der Waals surface area contributed by atoms with E-state index >= 15 is 0 Å². The number of carbonyl (C=O) groups is 2. The number of amides is 2. The third-order valence-electron chi connectivity index (χ3n) is 1.69. The first-order valence-electron chi connectivity index (χ1n) is 4.33. The van der Waals surface area contributed by atoms with Crippen LogP contribution in [0.1, 0.15) is 20.8 Å². The highest BCUT2D eigenvalue weighted by Crippen LogP contribution is 2.23. The van der Waals surface area contributed by atoms with E-state index in [4.69, 9.17) is 10.5 Å². The summed E-state index contributed by atoms with van der Waals surface area (Å²) in [5, 5.41) is 0. The summed E-state index contributed by atoms with van der Waals surface area (Å²) >= 11 is 0. The second-order valence-corrected chi connectivity index (χ2v) is 4.42. The molecule has 5 nitrogen and oxygen atoms in total. The minimum Gasteiger partial charge on any atom is -0.436 e. The second-order valence-electron chi connectivity index (χ2n) is 4.42. The molecule has 2 N–H and O–H groups in total. The zero-order valence-electron chi connectivity index (χ0n) is 9.33. The van der Waals surface area contributed by atoms with Gasteiger partial charge in [0.25, 0.3) is 5.91 Å². The normalized spacial score (nSPS) is 13.2. The van der Waals surface area contributed by atoms with E-state index in [2.05, 4.69) is 0 Å². The number of nitrogens with two attached hydrogens (primary N) is 1. The van der Waals surface area contributed by atoms with Gasteiger partial charge < -0.3 is 15.4 Å². The minimum atomic E-state index is -0.930. The van der Waals surface area contributed by atoms with Crippen LogP contribution in [0.3, 0.4) is 0 Å². The molecule has 0 unspecified atom stereocenters. The third kappa shape index (κ3) is 3.64. The number of ether oxygens (including phenoxy) is 1. The fourth-order valence-corrected chi connectivity index (χ4v) is 0.948. The monoisotopic (exact) mass is 202 g/mol. The first-order valence-corrected chi connectivity index (χ1v) is 4.33. The lowest BCUT2D eigenvalue weighted by Crippen LogP contribution is -2.45. The lowest BCUT2D eigenvalue weighted by Gasteiger charge is -2.30. The lowest BCUT2D eigenvalue weighted by atomic mass is 9.88. The third-order valence-corrected chi connectivity index (χ3v) is 1.69. The summed E-state index contributed by atoms with van der Waals surface area (Å²) in [5.41, 5.74) is 4.43. The second kappa shape index (κ2) is 4.30. The van der Waals surface area contributed by atoms with Gasteiger partial charge in [-0.3, -0.25) is 4.79 Å². The Morgan fingerprint density at radius 3 is 1.93 bits per heavy atom. The Kier molecular flexibility index (Phi) is 3.92. The predicted molar refractivity (Wildman–Crippen MR) is 52.6 cm³/mol. The SMILES string of the molecule is CN(C)C(=O)[C@@H](OC(N)=O)C(C)(C)C. The van der Waals surface area contributed by atoms with E-state index in [9.17, 15) is 9.59 Å². The molecule has 0 bridgehead atoms. The van der Waals surface area contributed by atoms with Crippen molar-refractivity contribution >= 4 is 12.0 Å². The number of hydrogen-bond acceptors (Lipinski definition) is 3. The van der Waals surface area contributed by atoms with Gasteiger partial charge in [0.1, 0.15) is 0 Å². The highest BCUT2D eigenvalue weighted by molar-refractivity contribution is 5.83. The highest BCUT2D eigenvalue weighted by Gasteiger charge is 2.35. The molecular weight excluding hydrogens is 184 g/mol.